The molecule has 5 aromatic rings. The van der Waals surface area contributed by atoms with E-state index in [0.717, 1.165) is 12.8 Å². The summed E-state index contributed by atoms with van der Waals surface area (Å²) in [4.78, 5) is 5.13. The second-order valence-corrected chi connectivity index (χ2v) is 15.2. The number of benzene rings is 4. The molecule has 52 heavy (non-hydrogen) atoms. The van der Waals surface area contributed by atoms with Gasteiger partial charge in [0.2, 0.25) is 21.1 Å². The van der Waals surface area contributed by atoms with Crippen LogP contribution in [0.1, 0.15) is 42.9 Å². The first-order valence-corrected chi connectivity index (χ1v) is 19.8. The van der Waals surface area contributed by atoms with Gasteiger partial charge in [-0.2, -0.15) is 0 Å². The van der Waals surface area contributed by atoms with Crippen molar-refractivity contribution >= 4 is 39.0 Å². The van der Waals surface area contributed by atoms with Gasteiger partial charge in [0.1, 0.15) is 0 Å². The van der Waals surface area contributed by atoms with E-state index < -0.39 is 10.2 Å². The Hall–Kier alpha value is -4.63. The largest absolute Gasteiger partial charge is 0.239 e. The minimum Gasteiger partial charge on any atom is -0.222 e. The van der Waals surface area contributed by atoms with E-state index in [-0.39, 0.29) is 0 Å². The Bertz CT molecular complexity index is 2040. The van der Waals surface area contributed by atoms with E-state index in [2.05, 4.69) is 177 Å². The fourth-order valence-electron chi connectivity index (χ4n) is 6.08. The third kappa shape index (κ3) is 10.7. The molecule has 2 heterocycles. The summed E-state index contributed by atoms with van der Waals surface area (Å²) >= 11 is 3.70. The van der Waals surface area contributed by atoms with Crippen LogP contribution in [0.4, 0.5) is 0 Å². The summed E-state index contributed by atoms with van der Waals surface area (Å²) in [6.45, 7) is 2.30. The first-order chi connectivity index (χ1) is 25.2. The molecule has 0 unspecified atom stereocenters. The third-order valence-electron chi connectivity index (χ3n) is 8.67. The predicted molar refractivity (Wildman–Crippen MR) is 208 cm³/mol. The van der Waals surface area contributed by atoms with Gasteiger partial charge in [-0.05, 0) is 102 Å². The molecular weight excluding hydrogens is 704 g/mol. The van der Waals surface area contributed by atoms with E-state index in [9.17, 15) is 0 Å². The topological polar surface area (TPSA) is 92.2 Å². The monoisotopic (exact) mass is 740 g/mol. The third-order valence-corrected chi connectivity index (χ3v) is 11.0. The highest BCUT2D eigenvalue weighted by Crippen LogP contribution is 2.44. The lowest BCUT2D eigenvalue weighted by atomic mass is 9.87. The highest BCUT2D eigenvalue weighted by Gasteiger charge is 2.19. The first kappa shape index (κ1) is 37.1. The maximum atomic E-state index is 8.49. The van der Waals surface area contributed by atoms with Crippen molar-refractivity contribution < 1.29 is 28.9 Å². The van der Waals surface area contributed by atoms with Crippen molar-refractivity contribution in [1.82, 2.24) is 0 Å². The molecular formula is C45H37ClO4S2. The molecule has 2 aliphatic rings. The molecule has 0 fully saturated rings. The van der Waals surface area contributed by atoms with E-state index in [4.69, 9.17) is 18.6 Å². The SMILES string of the molecule is CC1=C(/C=C/c2cc(-c3ccccc3)[s+]c(-c3ccccc3)c2)CCC/C1=C\C=C1C=C(c2ccccc2)SC(c2ccccc2)=C1.[O-][Cl+3]([O-])([O-])[O-]. The van der Waals surface area contributed by atoms with E-state index in [1.54, 1.807) is 0 Å². The van der Waals surface area contributed by atoms with Crippen LogP contribution in [-0.4, -0.2) is 0 Å². The van der Waals surface area contributed by atoms with Crippen molar-refractivity contribution in [2.24, 2.45) is 0 Å². The Morgan fingerprint density at radius 1 is 0.577 bits per heavy atom. The van der Waals surface area contributed by atoms with E-state index in [0.29, 0.717) is 0 Å². The molecule has 260 valence electrons. The van der Waals surface area contributed by atoms with Crippen molar-refractivity contribution in [3.05, 3.63) is 203 Å². The van der Waals surface area contributed by atoms with Crippen LogP contribution in [0.15, 0.2) is 186 Å². The van der Waals surface area contributed by atoms with Crippen LogP contribution in [0.25, 0.3) is 36.8 Å². The smallest absolute Gasteiger partial charge is 0.222 e. The van der Waals surface area contributed by atoms with Gasteiger partial charge < -0.3 is 0 Å². The normalized spacial score (nSPS) is 15.6. The van der Waals surface area contributed by atoms with Crippen molar-refractivity contribution in [3.63, 3.8) is 0 Å². The maximum absolute atomic E-state index is 8.49. The number of thioether (sulfide) groups is 1. The summed E-state index contributed by atoms with van der Waals surface area (Å²) in [6, 6.07) is 47.6. The maximum Gasteiger partial charge on any atom is 0.239 e. The van der Waals surface area contributed by atoms with Gasteiger partial charge in [-0.15, -0.1) is 10.2 Å². The average molecular weight is 741 g/mol. The van der Waals surface area contributed by atoms with Gasteiger partial charge in [0.05, 0.1) is 0 Å². The van der Waals surface area contributed by atoms with Crippen LogP contribution in [0, 0.1) is 10.2 Å². The molecule has 4 nitrogen and oxygen atoms in total. The number of hydrogen-bond donors (Lipinski definition) is 0. The molecule has 0 saturated carbocycles. The van der Waals surface area contributed by atoms with E-state index in [1.165, 1.54) is 76.1 Å². The molecule has 1 aliphatic heterocycles. The number of allylic oxidation sites excluding steroid dienone is 9. The van der Waals surface area contributed by atoms with Crippen LogP contribution in [-0.2, 0) is 0 Å². The van der Waals surface area contributed by atoms with Crippen LogP contribution < -0.4 is 18.6 Å². The first-order valence-electron chi connectivity index (χ1n) is 16.9. The Morgan fingerprint density at radius 2 is 1.02 bits per heavy atom. The quantitative estimate of drug-likeness (QED) is 0.156. The Kier molecular flexibility index (Phi) is 12.7. The molecule has 1 aliphatic carbocycles. The second kappa shape index (κ2) is 17.7. The molecule has 0 amide bonds. The van der Waals surface area contributed by atoms with Crippen LogP contribution in [0.3, 0.4) is 0 Å². The number of halogens is 1. The van der Waals surface area contributed by atoms with Gasteiger partial charge in [-0.1, -0.05) is 133 Å². The van der Waals surface area contributed by atoms with Gasteiger partial charge in [-0.25, -0.2) is 18.6 Å². The van der Waals surface area contributed by atoms with Crippen molar-refractivity contribution in [2.75, 3.05) is 0 Å². The van der Waals surface area contributed by atoms with Gasteiger partial charge in [0.15, 0.2) is 0 Å². The van der Waals surface area contributed by atoms with Gasteiger partial charge in [-0.3, -0.25) is 0 Å². The Labute approximate surface area is 316 Å². The summed E-state index contributed by atoms with van der Waals surface area (Å²) in [6.07, 6.45) is 17.4. The van der Waals surface area contributed by atoms with Crippen molar-refractivity contribution in [2.45, 2.75) is 26.2 Å². The van der Waals surface area contributed by atoms with E-state index in [1.807, 2.05) is 23.1 Å². The lowest BCUT2D eigenvalue weighted by Gasteiger charge is -2.19. The van der Waals surface area contributed by atoms with Crippen molar-refractivity contribution in [3.8, 4) is 20.9 Å². The predicted octanol–water partition coefficient (Wildman–Crippen LogP) is 8.80. The number of hydrogen-bond acceptors (Lipinski definition) is 5. The zero-order valence-corrected chi connectivity index (χ0v) is 31.0. The molecule has 0 atom stereocenters. The minimum absolute atomic E-state index is 1.11. The molecule has 1 aromatic heterocycles. The fraction of sp³-hybridized carbons (Fsp3) is 0.0889. The molecule has 7 rings (SSSR count). The molecule has 0 radical (unpaired) electrons. The van der Waals surface area contributed by atoms with Crippen LogP contribution >= 0.6 is 23.1 Å². The summed E-state index contributed by atoms with van der Waals surface area (Å²) in [5.41, 5.74) is 11.7. The van der Waals surface area contributed by atoms with Gasteiger partial charge in [0, 0.05) is 33.1 Å². The molecule has 0 spiro atoms. The van der Waals surface area contributed by atoms with Crippen LogP contribution in [0.5, 0.6) is 0 Å². The van der Waals surface area contributed by atoms with Gasteiger partial charge in [0.25, 0.3) is 0 Å². The Morgan fingerprint density at radius 3 is 1.48 bits per heavy atom. The average Bonchev–Trinajstić information content (AvgIpc) is 3.17. The molecule has 4 aromatic carbocycles. The highest BCUT2D eigenvalue weighted by atomic mass is 35.7. The fourth-order valence-corrected chi connectivity index (χ4v) is 8.35. The minimum atomic E-state index is -4.94. The molecule has 0 N–H and O–H groups in total. The van der Waals surface area contributed by atoms with Crippen LogP contribution in [0.2, 0.25) is 0 Å². The summed E-state index contributed by atoms with van der Waals surface area (Å²) in [5, 5.41) is 0. The lowest BCUT2D eigenvalue weighted by molar-refractivity contribution is -2.00. The Balaban J connectivity index is 0.000000870. The molecule has 7 heteroatoms. The second-order valence-electron chi connectivity index (χ2n) is 12.3. The summed E-state index contributed by atoms with van der Waals surface area (Å²) < 4.78 is 34.0. The van der Waals surface area contributed by atoms with Gasteiger partial charge >= 0.3 is 0 Å². The standard InChI is InChI=1S/C45H37S2.ClHO4/c1-33-36(27-25-34-29-42(38-15-6-2-7-16-38)46-43(30-34)39-17-8-3-9-18-39)23-14-24-37(33)28-26-35-31-44(40-19-10-4-11-20-40)47-45(32-35)41-21-12-5-13-22-41;2-1(3,4)5/h2-13,15-22,25-32H,14,23-24H2,1H3;(H,2,3,4,5)/q+1;/p-1. The lowest BCUT2D eigenvalue weighted by Crippen LogP contribution is -2.68. The highest BCUT2D eigenvalue weighted by molar-refractivity contribution is 8.16. The van der Waals surface area contributed by atoms with E-state index >= 15 is 0 Å². The summed E-state index contributed by atoms with van der Waals surface area (Å²) in [7, 11) is -4.94. The summed E-state index contributed by atoms with van der Waals surface area (Å²) in [5.74, 6) is 0. The zero-order valence-electron chi connectivity index (χ0n) is 28.6. The van der Waals surface area contributed by atoms with Crippen molar-refractivity contribution in [1.29, 1.82) is 0 Å². The molecule has 0 bridgehead atoms. The molecule has 0 saturated heterocycles. The zero-order chi connectivity index (χ0) is 36.3. The number of rotatable bonds is 7.